The molecule has 0 aromatic heterocycles. The molecule has 0 heterocycles. The molecule has 1 N–H and O–H groups in total. The van der Waals surface area contributed by atoms with Gasteiger partial charge in [0.25, 0.3) is 0 Å². The molecule has 3 nitrogen and oxygen atoms in total. The Bertz CT molecular complexity index is 659. The van der Waals surface area contributed by atoms with E-state index in [1.807, 2.05) is 0 Å². The molecule has 0 radical (unpaired) electrons. The van der Waals surface area contributed by atoms with Gasteiger partial charge < -0.3 is 10.2 Å². The van der Waals surface area contributed by atoms with Crippen LogP contribution in [-0.4, -0.2) is 9.32 Å². The van der Waals surface area contributed by atoms with E-state index in [2.05, 4.69) is 0 Å². The lowest BCUT2D eigenvalue weighted by atomic mass is 10.3. The number of phenolic OH excluding ortho intramolecular Hbond substituents is 1. The van der Waals surface area contributed by atoms with Gasteiger partial charge in [0.05, 0.1) is 20.7 Å². The molecule has 2 aromatic rings. The average Bonchev–Trinajstić information content (AvgIpc) is 2.37. The second kappa shape index (κ2) is 6.00. The number of benzene rings is 2. The minimum absolute atomic E-state index is 0.0681. The number of hydrogen-bond donors (Lipinski definition) is 1. The third-order valence-electron chi connectivity index (χ3n) is 2.37. The zero-order chi connectivity index (χ0) is 15.0. The fourth-order valence-electron chi connectivity index (χ4n) is 1.48. The molecule has 0 fully saturated rings. The van der Waals surface area contributed by atoms with Crippen LogP contribution in [-0.2, 0) is 10.8 Å². The highest BCUT2D eigenvalue weighted by Crippen LogP contribution is 2.39. The Labute approximate surface area is 137 Å². The van der Waals surface area contributed by atoms with Crippen molar-refractivity contribution in [3.8, 4) is 11.5 Å². The van der Waals surface area contributed by atoms with E-state index >= 15 is 0 Å². The maximum atomic E-state index is 12.4. The molecule has 0 bridgehead atoms. The van der Waals surface area contributed by atoms with Gasteiger partial charge in [-0.15, -0.1) is 0 Å². The average molecular weight is 371 g/mol. The Morgan fingerprint density at radius 2 is 1.40 bits per heavy atom. The Hall–Kier alpha value is -0.650. The second-order valence-electron chi connectivity index (χ2n) is 3.72. The summed E-state index contributed by atoms with van der Waals surface area (Å²) in [5, 5.41) is 21.8. The molecule has 0 spiro atoms. The largest absolute Gasteiger partial charge is 0.871 e. The number of aromatic hydroxyl groups is 1. The Morgan fingerprint density at radius 1 is 0.900 bits per heavy atom. The van der Waals surface area contributed by atoms with Crippen LogP contribution in [0.25, 0.3) is 0 Å². The van der Waals surface area contributed by atoms with E-state index in [-0.39, 0.29) is 29.9 Å². The summed E-state index contributed by atoms with van der Waals surface area (Å²) in [5.41, 5.74) is 0. The van der Waals surface area contributed by atoms with Crippen LogP contribution in [0, 0.1) is 0 Å². The maximum Gasteiger partial charge on any atom is 0.150 e. The lowest BCUT2D eigenvalue weighted by Gasteiger charge is -2.16. The summed E-state index contributed by atoms with van der Waals surface area (Å²) in [6, 6.07) is 5.02. The first-order chi connectivity index (χ1) is 9.31. The van der Waals surface area contributed by atoms with Gasteiger partial charge in [0.1, 0.15) is 0 Å². The fourth-order valence-corrected chi connectivity index (χ4v) is 3.97. The zero-order valence-corrected chi connectivity index (χ0v) is 13.3. The van der Waals surface area contributed by atoms with Crippen LogP contribution >= 0.6 is 46.4 Å². The highest BCUT2D eigenvalue weighted by atomic mass is 35.5. The molecule has 0 aliphatic carbocycles. The lowest BCUT2D eigenvalue weighted by Crippen LogP contribution is -2.02. The summed E-state index contributed by atoms with van der Waals surface area (Å²) in [6.45, 7) is 0. The molecule has 2 rings (SSSR count). The Kier molecular flexibility index (Phi) is 4.72. The van der Waals surface area contributed by atoms with Crippen LogP contribution in [0.15, 0.2) is 34.1 Å². The normalized spacial score (nSPS) is 12.4. The molecule has 0 saturated carbocycles. The summed E-state index contributed by atoms with van der Waals surface area (Å²) < 4.78 is 12.4. The summed E-state index contributed by atoms with van der Waals surface area (Å²) in [4.78, 5) is -0.242. The van der Waals surface area contributed by atoms with Crippen molar-refractivity contribution in [1.29, 1.82) is 0 Å². The monoisotopic (exact) mass is 369 g/mol. The lowest BCUT2D eigenvalue weighted by molar-refractivity contribution is -0.272. The topological polar surface area (TPSA) is 60.4 Å². The van der Waals surface area contributed by atoms with Crippen LogP contribution in [0.3, 0.4) is 0 Å². The molecule has 0 saturated heterocycles. The minimum atomic E-state index is -2.01. The van der Waals surface area contributed by atoms with E-state index in [4.69, 9.17) is 46.4 Å². The summed E-state index contributed by atoms with van der Waals surface area (Å²) in [6.07, 6.45) is 0. The maximum absolute atomic E-state index is 12.4. The first-order valence-electron chi connectivity index (χ1n) is 5.07. The van der Waals surface area contributed by atoms with Gasteiger partial charge >= 0.3 is 0 Å². The van der Waals surface area contributed by atoms with Crippen molar-refractivity contribution in [2.75, 3.05) is 0 Å². The molecule has 106 valence electrons. The molecule has 0 amide bonds. The van der Waals surface area contributed by atoms with Gasteiger partial charge in [-0.05, 0) is 24.3 Å². The third-order valence-corrected chi connectivity index (χ3v) is 4.79. The molecule has 0 aliphatic heterocycles. The van der Waals surface area contributed by atoms with Crippen molar-refractivity contribution in [2.24, 2.45) is 0 Å². The van der Waals surface area contributed by atoms with Gasteiger partial charge in [0, 0.05) is 20.0 Å². The first-order valence-corrected chi connectivity index (χ1v) is 7.73. The van der Waals surface area contributed by atoms with Crippen LogP contribution < -0.4 is 5.11 Å². The van der Waals surface area contributed by atoms with Gasteiger partial charge in [-0.3, -0.25) is 0 Å². The van der Waals surface area contributed by atoms with E-state index in [1.165, 1.54) is 24.3 Å². The number of halogens is 4. The summed E-state index contributed by atoms with van der Waals surface area (Å²) >= 11 is 23.0. The van der Waals surface area contributed by atoms with Gasteiger partial charge in [0.2, 0.25) is 0 Å². The summed E-state index contributed by atoms with van der Waals surface area (Å²) in [5.74, 6) is -1.05. The van der Waals surface area contributed by atoms with E-state index in [0.29, 0.717) is 0 Å². The van der Waals surface area contributed by atoms with Crippen LogP contribution in [0.4, 0.5) is 0 Å². The van der Waals surface area contributed by atoms with Crippen LogP contribution in [0.5, 0.6) is 11.5 Å². The standard InChI is InChI=1S/C12H6Cl4O3S/c13-5-1-7(15)11(17)9(3-5)20(19)10-4-6(14)2-8(16)12(10)18/h1-4,17-18H/p-1. The Morgan fingerprint density at radius 3 is 2.00 bits per heavy atom. The quantitative estimate of drug-likeness (QED) is 0.859. The Balaban J connectivity index is 2.64. The molecular formula is C12H5Cl4O3S-. The molecule has 8 heteroatoms. The van der Waals surface area contributed by atoms with Crippen molar-refractivity contribution in [2.45, 2.75) is 9.79 Å². The molecule has 2 aromatic carbocycles. The predicted molar refractivity (Wildman–Crippen MR) is 78.7 cm³/mol. The highest BCUT2D eigenvalue weighted by molar-refractivity contribution is 7.85. The molecule has 1 atom stereocenters. The van der Waals surface area contributed by atoms with Crippen LogP contribution in [0.1, 0.15) is 0 Å². The summed E-state index contributed by atoms with van der Waals surface area (Å²) in [7, 11) is -2.01. The molecule has 0 unspecified atom stereocenters. The van der Waals surface area contributed by atoms with Gasteiger partial charge in [-0.1, -0.05) is 52.2 Å². The van der Waals surface area contributed by atoms with E-state index in [0.717, 1.165) is 0 Å². The fraction of sp³-hybridized carbons (Fsp3) is 0. The van der Waals surface area contributed by atoms with Gasteiger partial charge in [-0.25, -0.2) is 4.21 Å². The van der Waals surface area contributed by atoms with E-state index in [1.54, 1.807) is 0 Å². The van der Waals surface area contributed by atoms with Crippen molar-refractivity contribution < 1.29 is 14.4 Å². The first kappa shape index (κ1) is 15.7. The van der Waals surface area contributed by atoms with Crippen molar-refractivity contribution in [3.63, 3.8) is 0 Å². The van der Waals surface area contributed by atoms with Crippen molar-refractivity contribution in [3.05, 3.63) is 44.4 Å². The minimum Gasteiger partial charge on any atom is -0.871 e. The van der Waals surface area contributed by atoms with Crippen molar-refractivity contribution >= 4 is 57.2 Å². The highest BCUT2D eigenvalue weighted by Gasteiger charge is 2.17. The molecule has 20 heavy (non-hydrogen) atoms. The molecular weight excluding hydrogens is 366 g/mol. The number of phenols is 1. The smallest absolute Gasteiger partial charge is 0.150 e. The number of rotatable bonds is 2. The number of hydrogen-bond acceptors (Lipinski definition) is 3. The SMILES string of the molecule is O=[S@](c1cc(Cl)cc(Cl)c1[O-])c1cc(Cl)cc(Cl)c1O. The second-order valence-corrected chi connectivity index (χ2v) is 6.82. The molecule has 0 aliphatic rings. The van der Waals surface area contributed by atoms with Crippen molar-refractivity contribution in [1.82, 2.24) is 0 Å². The predicted octanol–water partition coefficient (Wildman–Crippen LogP) is 4.25. The van der Waals surface area contributed by atoms with Gasteiger partial charge in [-0.2, -0.15) is 0 Å². The third kappa shape index (κ3) is 3.00. The van der Waals surface area contributed by atoms with Gasteiger partial charge in [0.15, 0.2) is 5.75 Å². The zero-order valence-electron chi connectivity index (χ0n) is 9.49. The van der Waals surface area contributed by atoms with E-state index in [9.17, 15) is 14.4 Å². The van der Waals surface area contributed by atoms with Crippen LogP contribution in [0.2, 0.25) is 20.1 Å². The van der Waals surface area contributed by atoms with E-state index < -0.39 is 22.3 Å².